The molecule has 28 heavy (non-hydrogen) atoms. The van der Waals surface area contributed by atoms with Crippen molar-refractivity contribution in [3.05, 3.63) is 40.7 Å². The van der Waals surface area contributed by atoms with E-state index in [-0.39, 0.29) is 18.0 Å². The summed E-state index contributed by atoms with van der Waals surface area (Å²) in [5, 5.41) is 7.15. The minimum absolute atomic E-state index is 0.175. The van der Waals surface area contributed by atoms with Gasteiger partial charge in [0.25, 0.3) is 5.56 Å². The molecule has 0 unspecified atom stereocenters. The van der Waals surface area contributed by atoms with Crippen molar-refractivity contribution in [2.24, 2.45) is 5.92 Å². The first-order valence-electron chi connectivity index (χ1n) is 9.35. The molecule has 8 heteroatoms. The number of carbonyl (C=O) groups excluding carboxylic acids is 1. The summed E-state index contributed by atoms with van der Waals surface area (Å²) in [6, 6.07) is 8.27. The lowest BCUT2D eigenvalue weighted by atomic mass is 9.99. The Kier molecular flexibility index (Phi) is 6.18. The Bertz CT molecular complexity index is 888. The zero-order valence-electron chi connectivity index (χ0n) is 16.5. The van der Waals surface area contributed by atoms with Gasteiger partial charge in [-0.25, -0.2) is 4.68 Å². The molecule has 0 bridgehead atoms. The van der Waals surface area contributed by atoms with Crippen molar-refractivity contribution in [3.63, 3.8) is 0 Å². The van der Waals surface area contributed by atoms with Crippen molar-refractivity contribution < 1.29 is 14.3 Å². The van der Waals surface area contributed by atoms with Crippen molar-refractivity contribution in [2.75, 3.05) is 37.5 Å². The fourth-order valence-corrected chi connectivity index (χ4v) is 3.19. The van der Waals surface area contributed by atoms with Crippen LogP contribution in [0.1, 0.15) is 19.8 Å². The first-order chi connectivity index (χ1) is 13.5. The number of benzene rings is 1. The Labute approximate surface area is 164 Å². The largest absolute Gasteiger partial charge is 0.497 e. The summed E-state index contributed by atoms with van der Waals surface area (Å²) in [4.78, 5) is 26.8. The number of nitrogens with zero attached hydrogens (tertiary/aromatic N) is 3. The molecule has 1 amide bonds. The molecule has 0 atom stereocenters. The lowest BCUT2D eigenvalue weighted by Gasteiger charge is -2.31. The SMILES string of the molecule is COc1ccc(NC(=O)Cn2nc(N3CCC(C)CC3)ccc2=O)c(OC)c1. The monoisotopic (exact) mass is 386 g/mol. The maximum Gasteiger partial charge on any atom is 0.267 e. The predicted molar refractivity (Wildman–Crippen MR) is 107 cm³/mol. The zero-order chi connectivity index (χ0) is 20.1. The Hall–Kier alpha value is -3.03. The van der Waals surface area contributed by atoms with Gasteiger partial charge in [-0.1, -0.05) is 6.92 Å². The van der Waals surface area contributed by atoms with E-state index in [0.717, 1.165) is 31.7 Å². The quantitative estimate of drug-likeness (QED) is 0.819. The minimum atomic E-state index is -0.359. The molecule has 1 aromatic carbocycles. The van der Waals surface area contributed by atoms with Crippen molar-refractivity contribution in [2.45, 2.75) is 26.3 Å². The molecule has 0 saturated carbocycles. The first kappa shape index (κ1) is 19.7. The van der Waals surface area contributed by atoms with Gasteiger partial charge >= 0.3 is 0 Å². The normalized spacial score (nSPS) is 14.6. The van der Waals surface area contributed by atoms with Gasteiger partial charge in [0.1, 0.15) is 23.9 Å². The van der Waals surface area contributed by atoms with Gasteiger partial charge in [-0.2, -0.15) is 5.10 Å². The van der Waals surface area contributed by atoms with Gasteiger partial charge in [-0.3, -0.25) is 9.59 Å². The van der Waals surface area contributed by atoms with Gasteiger partial charge in [0.2, 0.25) is 5.91 Å². The third kappa shape index (κ3) is 4.62. The fraction of sp³-hybridized carbons (Fsp3) is 0.450. The predicted octanol–water partition coefficient (Wildman–Crippen LogP) is 2.14. The van der Waals surface area contributed by atoms with Gasteiger partial charge in [-0.05, 0) is 37.0 Å². The Morgan fingerprint density at radius 3 is 2.61 bits per heavy atom. The van der Waals surface area contributed by atoms with Crippen LogP contribution in [0.2, 0.25) is 0 Å². The molecule has 1 aromatic heterocycles. The number of hydrogen-bond acceptors (Lipinski definition) is 6. The number of rotatable bonds is 6. The molecule has 1 aliphatic rings. The van der Waals surface area contributed by atoms with Crippen molar-refractivity contribution in [1.82, 2.24) is 9.78 Å². The van der Waals surface area contributed by atoms with E-state index in [1.165, 1.54) is 17.9 Å². The summed E-state index contributed by atoms with van der Waals surface area (Å²) in [6.07, 6.45) is 2.19. The van der Waals surface area contributed by atoms with E-state index >= 15 is 0 Å². The van der Waals surface area contributed by atoms with E-state index in [1.54, 1.807) is 31.4 Å². The molecule has 2 heterocycles. The second-order valence-electron chi connectivity index (χ2n) is 6.97. The molecule has 3 rings (SSSR count). The highest BCUT2D eigenvalue weighted by atomic mass is 16.5. The van der Waals surface area contributed by atoms with E-state index in [2.05, 4.69) is 22.2 Å². The van der Waals surface area contributed by atoms with Crippen LogP contribution < -0.4 is 25.2 Å². The van der Waals surface area contributed by atoms with Crippen LogP contribution in [0.15, 0.2) is 35.1 Å². The number of piperidine rings is 1. The summed E-state index contributed by atoms with van der Waals surface area (Å²) < 4.78 is 11.6. The van der Waals surface area contributed by atoms with E-state index in [1.807, 2.05) is 0 Å². The fourth-order valence-electron chi connectivity index (χ4n) is 3.19. The zero-order valence-corrected chi connectivity index (χ0v) is 16.5. The highest BCUT2D eigenvalue weighted by Gasteiger charge is 2.18. The number of anilines is 2. The van der Waals surface area contributed by atoms with Crippen LogP contribution in [-0.2, 0) is 11.3 Å². The molecule has 1 saturated heterocycles. The maximum atomic E-state index is 12.5. The number of methoxy groups -OCH3 is 2. The van der Waals surface area contributed by atoms with Crippen LogP contribution >= 0.6 is 0 Å². The average Bonchev–Trinajstić information content (AvgIpc) is 2.70. The number of nitrogens with one attached hydrogen (secondary N) is 1. The van der Waals surface area contributed by atoms with E-state index in [4.69, 9.17) is 9.47 Å². The summed E-state index contributed by atoms with van der Waals surface area (Å²) in [7, 11) is 3.07. The molecule has 2 aromatic rings. The van der Waals surface area contributed by atoms with Crippen LogP contribution in [0.3, 0.4) is 0 Å². The molecule has 1 fully saturated rings. The van der Waals surface area contributed by atoms with Gasteiger partial charge in [0, 0.05) is 25.2 Å². The Morgan fingerprint density at radius 2 is 1.93 bits per heavy atom. The standard InChI is InChI=1S/C20H26N4O4/c1-14-8-10-23(11-9-14)18-6-7-20(26)24(22-18)13-19(25)21-16-5-4-15(27-2)12-17(16)28-3/h4-7,12,14H,8-11,13H2,1-3H3,(H,21,25). The molecule has 0 aliphatic carbocycles. The third-order valence-corrected chi connectivity index (χ3v) is 4.94. The van der Waals surface area contributed by atoms with Crippen LogP contribution in [0, 0.1) is 5.92 Å². The second-order valence-corrected chi connectivity index (χ2v) is 6.97. The number of ether oxygens (including phenoxy) is 2. The summed E-state index contributed by atoms with van der Waals surface area (Å²) in [5.74, 6) is 2.16. The van der Waals surface area contributed by atoms with Crippen LogP contribution in [-0.4, -0.2) is 43.0 Å². The Morgan fingerprint density at radius 1 is 1.18 bits per heavy atom. The summed E-state index contributed by atoms with van der Waals surface area (Å²) in [6.45, 7) is 3.87. The lowest BCUT2D eigenvalue weighted by molar-refractivity contribution is -0.117. The Balaban J connectivity index is 1.72. The molecule has 1 N–H and O–H groups in total. The highest BCUT2D eigenvalue weighted by molar-refractivity contribution is 5.92. The van der Waals surface area contributed by atoms with E-state index in [0.29, 0.717) is 23.1 Å². The van der Waals surface area contributed by atoms with Gasteiger partial charge in [0.05, 0.1) is 19.9 Å². The van der Waals surface area contributed by atoms with Crippen LogP contribution in [0.5, 0.6) is 11.5 Å². The number of carbonyl (C=O) groups is 1. The van der Waals surface area contributed by atoms with Crippen molar-refractivity contribution in [1.29, 1.82) is 0 Å². The summed E-state index contributed by atoms with van der Waals surface area (Å²) >= 11 is 0. The molecular formula is C20H26N4O4. The molecule has 0 spiro atoms. The van der Waals surface area contributed by atoms with Crippen LogP contribution in [0.4, 0.5) is 11.5 Å². The van der Waals surface area contributed by atoms with E-state index < -0.39 is 0 Å². The van der Waals surface area contributed by atoms with Crippen molar-refractivity contribution >= 4 is 17.4 Å². The molecule has 150 valence electrons. The minimum Gasteiger partial charge on any atom is -0.497 e. The molecule has 1 aliphatic heterocycles. The summed E-state index contributed by atoms with van der Waals surface area (Å²) in [5.41, 5.74) is 0.188. The molecular weight excluding hydrogens is 360 g/mol. The average molecular weight is 386 g/mol. The van der Waals surface area contributed by atoms with Gasteiger partial charge in [-0.15, -0.1) is 0 Å². The van der Waals surface area contributed by atoms with Crippen LogP contribution in [0.25, 0.3) is 0 Å². The number of aromatic nitrogens is 2. The highest BCUT2D eigenvalue weighted by Crippen LogP contribution is 2.29. The number of amides is 1. The molecule has 8 nitrogen and oxygen atoms in total. The first-order valence-corrected chi connectivity index (χ1v) is 9.35. The van der Waals surface area contributed by atoms with Crippen molar-refractivity contribution in [3.8, 4) is 11.5 Å². The van der Waals surface area contributed by atoms with Gasteiger partial charge < -0.3 is 19.7 Å². The third-order valence-electron chi connectivity index (χ3n) is 4.94. The smallest absolute Gasteiger partial charge is 0.267 e. The maximum absolute atomic E-state index is 12.5. The lowest BCUT2D eigenvalue weighted by Crippen LogP contribution is -2.36. The van der Waals surface area contributed by atoms with Gasteiger partial charge in [0.15, 0.2) is 0 Å². The molecule has 0 radical (unpaired) electrons. The number of hydrogen-bond donors (Lipinski definition) is 1. The van der Waals surface area contributed by atoms with E-state index in [9.17, 15) is 9.59 Å². The second kappa shape index (κ2) is 8.77. The topological polar surface area (TPSA) is 85.7 Å².